The number of rotatable bonds is 4. The monoisotopic (exact) mass is 397 g/mol. The molecular formula is C15H20BrN5OS. The van der Waals surface area contributed by atoms with Crippen molar-refractivity contribution in [2.45, 2.75) is 32.4 Å². The number of thiophene rings is 1. The highest BCUT2D eigenvalue weighted by Crippen LogP contribution is 2.23. The van der Waals surface area contributed by atoms with Gasteiger partial charge in [-0.25, -0.2) is 4.68 Å². The zero-order valence-corrected chi connectivity index (χ0v) is 15.7. The van der Waals surface area contributed by atoms with E-state index < -0.39 is 0 Å². The van der Waals surface area contributed by atoms with Crippen molar-refractivity contribution in [3.8, 4) is 0 Å². The second-order valence-corrected chi connectivity index (χ2v) is 8.16. The van der Waals surface area contributed by atoms with Crippen LogP contribution in [0, 0.1) is 6.92 Å². The van der Waals surface area contributed by atoms with Crippen LogP contribution < -0.4 is 5.32 Å². The molecule has 3 rings (SSSR count). The van der Waals surface area contributed by atoms with Gasteiger partial charge < -0.3 is 10.2 Å². The second kappa shape index (κ2) is 7.11. The van der Waals surface area contributed by atoms with Gasteiger partial charge in [0.15, 0.2) is 5.69 Å². The van der Waals surface area contributed by atoms with Gasteiger partial charge in [0.05, 0.1) is 15.5 Å². The largest absolute Gasteiger partial charge is 0.336 e. The summed E-state index contributed by atoms with van der Waals surface area (Å²) in [5.74, 6) is -0.0787. The lowest BCUT2D eigenvalue weighted by Crippen LogP contribution is -2.30. The minimum absolute atomic E-state index is 0.0787. The van der Waals surface area contributed by atoms with E-state index in [1.165, 1.54) is 0 Å². The Bertz CT molecular complexity index is 692. The van der Waals surface area contributed by atoms with Crippen LogP contribution in [0.2, 0.25) is 0 Å². The van der Waals surface area contributed by atoms with E-state index >= 15 is 0 Å². The van der Waals surface area contributed by atoms with Crippen molar-refractivity contribution < 1.29 is 4.79 Å². The summed E-state index contributed by atoms with van der Waals surface area (Å²) >= 11 is 5.07. The van der Waals surface area contributed by atoms with E-state index in [1.54, 1.807) is 23.3 Å². The molecule has 2 aromatic heterocycles. The molecule has 1 saturated heterocycles. The Labute approximate surface area is 148 Å². The Morgan fingerprint density at radius 3 is 2.91 bits per heavy atom. The van der Waals surface area contributed by atoms with Gasteiger partial charge >= 0.3 is 0 Å². The van der Waals surface area contributed by atoms with E-state index in [2.05, 4.69) is 31.6 Å². The third-order valence-electron chi connectivity index (χ3n) is 4.17. The number of nitrogens with one attached hydrogen (secondary N) is 1. The molecule has 0 atom stereocenters. The normalized spacial score (nSPS) is 15.8. The van der Waals surface area contributed by atoms with Gasteiger partial charge in [-0.05, 0) is 65.8 Å². The van der Waals surface area contributed by atoms with Gasteiger partial charge in [-0.1, -0.05) is 5.21 Å². The number of hydrogen-bond donors (Lipinski definition) is 1. The summed E-state index contributed by atoms with van der Waals surface area (Å²) in [6, 6.07) is 2.37. The van der Waals surface area contributed by atoms with Crippen LogP contribution in [0.3, 0.4) is 0 Å². The van der Waals surface area contributed by atoms with Crippen LogP contribution in [0.4, 0.5) is 0 Å². The Morgan fingerprint density at radius 2 is 2.26 bits per heavy atom. The molecule has 1 amide bonds. The maximum atomic E-state index is 12.7. The standard InChI is InChI=1S/C15H20BrN5OS/c1-10-14(18-19-21(10)12-3-5-17-6-4-12)15(22)20(2)8-11-7-13(16)23-9-11/h7,9,12,17H,3-6,8H2,1-2H3. The van der Waals surface area contributed by atoms with Crippen molar-refractivity contribution in [1.82, 2.24) is 25.2 Å². The molecule has 0 saturated carbocycles. The molecule has 0 bridgehead atoms. The number of amides is 1. The molecule has 23 heavy (non-hydrogen) atoms. The van der Waals surface area contributed by atoms with Gasteiger partial charge in [0.1, 0.15) is 0 Å². The van der Waals surface area contributed by atoms with Crippen molar-refractivity contribution in [2.24, 2.45) is 0 Å². The molecule has 1 aliphatic heterocycles. The zero-order chi connectivity index (χ0) is 16.4. The van der Waals surface area contributed by atoms with Crippen LogP contribution in [0.5, 0.6) is 0 Å². The molecule has 8 heteroatoms. The Morgan fingerprint density at radius 1 is 1.52 bits per heavy atom. The number of carbonyl (C=O) groups excluding carboxylic acids is 1. The number of nitrogens with zero attached hydrogens (tertiary/aromatic N) is 4. The molecule has 0 aromatic carbocycles. The maximum absolute atomic E-state index is 12.7. The highest BCUT2D eigenvalue weighted by Gasteiger charge is 2.24. The van der Waals surface area contributed by atoms with Crippen molar-refractivity contribution >= 4 is 33.2 Å². The van der Waals surface area contributed by atoms with E-state index in [0.717, 1.165) is 41.0 Å². The Balaban J connectivity index is 1.73. The molecule has 124 valence electrons. The Kier molecular flexibility index (Phi) is 5.13. The van der Waals surface area contributed by atoms with Gasteiger partial charge in [0, 0.05) is 13.6 Å². The number of piperidine rings is 1. The van der Waals surface area contributed by atoms with E-state index in [1.807, 2.05) is 23.1 Å². The van der Waals surface area contributed by atoms with Crippen molar-refractivity contribution in [2.75, 3.05) is 20.1 Å². The zero-order valence-electron chi connectivity index (χ0n) is 13.3. The lowest BCUT2D eigenvalue weighted by atomic mass is 10.1. The summed E-state index contributed by atoms with van der Waals surface area (Å²) in [6.07, 6.45) is 2.05. The van der Waals surface area contributed by atoms with Crippen LogP contribution in [0.25, 0.3) is 0 Å². The van der Waals surface area contributed by atoms with Gasteiger partial charge in [0.2, 0.25) is 0 Å². The number of aromatic nitrogens is 3. The lowest BCUT2D eigenvalue weighted by Gasteiger charge is -2.23. The Hall–Kier alpha value is -1.25. The molecule has 6 nitrogen and oxygen atoms in total. The molecule has 1 aliphatic rings. The number of halogens is 1. The predicted molar refractivity (Wildman–Crippen MR) is 93.7 cm³/mol. The fourth-order valence-electron chi connectivity index (χ4n) is 2.89. The average molecular weight is 398 g/mol. The first-order valence-electron chi connectivity index (χ1n) is 7.67. The highest BCUT2D eigenvalue weighted by atomic mass is 79.9. The summed E-state index contributed by atoms with van der Waals surface area (Å²) in [5, 5.41) is 13.8. The summed E-state index contributed by atoms with van der Waals surface area (Å²) < 4.78 is 2.99. The predicted octanol–water partition coefficient (Wildman–Crippen LogP) is 2.61. The maximum Gasteiger partial charge on any atom is 0.276 e. The van der Waals surface area contributed by atoms with Crippen molar-refractivity contribution in [3.05, 3.63) is 32.2 Å². The van der Waals surface area contributed by atoms with Crippen LogP contribution in [0.1, 0.15) is 40.6 Å². The van der Waals surface area contributed by atoms with Gasteiger partial charge in [-0.15, -0.1) is 16.4 Å². The molecule has 1 N–H and O–H groups in total. The molecule has 1 fully saturated rings. The molecule has 0 aliphatic carbocycles. The fraction of sp³-hybridized carbons (Fsp3) is 0.533. The number of hydrogen-bond acceptors (Lipinski definition) is 5. The number of carbonyl (C=O) groups is 1. The molecule has 3 heterocycles. The van der Waals surface area contributed by atoms with E-state index in [0.29, 0.717) is 18.3 Å². The van der Waals surface area contributed by atoms with E-state index in [9.17, 15) is 4.79 Å². The summed E-state index contributed by atoms with van der Waals surface area (Å²) in [6.45, 7) is 4.48. The van der Waals surface area contributed by atoms with Gasteiger partial charge in [-0.2, -0.15) is 0 Å². The summed E-state index contributed by atoms with van der Waals surface area (Å²) in [4.78, 5) is 14.4. The van der Waals surface area contributed by atoms with Crippen LogP contribution >= 0.6 is 27.3 Å². The SMILES string of the molecule is Cc1c(C(=O)N(C)Cc2csc(Br)c2)nnn1C1CCNCC1. The van der Waals surface area contributed by atoms with Gasteiger partial charge in [-0.3, -0.25) is 4.79 Å². The van der Waals surface area contributed by atoms with Crippen LogP contribution in [0.15, 0.2) is 15.2 Å². The first-order chi connectivity index (χ1) is 11.1. The van der Waals surface area contributed by atoms with Crippen LogP contribution in [-0.2, 0) is 6.54 Å². The average Bonchev–Trinajstić information content (AvgIpc) is 3.13. The van der Waals surface area contributed by atoms with E-state index in [4.69, 9.17) is 0 Å². The molecule has 0 unspecified atom stereocenters. The minimum atomic E-state index is -0.0787. The minimum Gasteiger partial charge on any atom is -0.336 e. The smallest absolute Gasteiger partial charge is 0.276 e. The van der Waals surface area contributed by atoms with Crippen LogP contribution in [-0.4, -0.2) is 45.9 Å². The quantitative estimate of drug-likeness (QED) is 0.860. The molecular weight excluding hydrogens is 378 g/mol. The lowest BCUT2D eigenvalue weighted by molar-refractivity contribution is 0.0778. The van der Waals surface area contributed by atoms with Gasteiger partial charge in [0.25, 0.3) is 5.91 Å². The summed E-state index contributed by atoms with van der Waals surface area (Å²) in [5.41, 5.74) is 2.43. The molecule has 0 radical (unpaired) electrons. The fourth-order valence-corrected chi connectivity index (χ4v) is 4.09. The third-order valence-corrected chi connectivity index (χ3v) is 5.73. The molecule has 0 spiro atoms. The second-order valence-electron chi connectivity index (χ2n) is 5.87. The summed E-state index contributed by atoms with van der Waals surface area (Å²) in [7, 11) is 1.80. The first-order valence-corrected chi connectivity index (χ1v) is 9.34. The highest BCUT2D eigenvalue weighted by molar-refractivity contribution is 9.11. The van der Waals surface area contributed by atoms with Crippen molar-refractivity contribution in [1.29, 1.82) is 0 Å². The van der Waals surface area contributed by atoms with Crippen molar-refractivity contribution in [3.63, 3.8) is 0 Å². The van der Waals surface area contributed by atoms with E-state index in [-0.39, 0.29) is 5.91 Å². The third kappa shape index (κ3) is 3.64. The topological polar surface area (TPSA) is 63.1 Å². The molecule has 2 aromatic rings. The first kappa shape index (κ1) is 16.6.